The van der Waals surface area contributed by atoms with Crippen LogP contribution in [0.2, 0.25) is 0 Å². The van der Waals surface area contributed by atoms with Gasteiger partial charge in [-0.05, 0) is 37.5 Å². The summed E-state index contributed by atoms with van der Waals surface area (Å²) in [6.45, 7) is 3.75. The second-order valence-corrected chi connectivity index (χ2v) is 6.33. The van der Waals surface area contributed by atoms with E-state index in [2.05, 4.69) is 16.1 Å². The van der Waals surface area contributed by atoms with Crippen molar-refractivity contribution in [1.82, 2.24) is 9.55 Å². The lowest BCUT2D eigenvalue weighted by Gasteiger charge is -2.26. The molecule has 1 fully saturated rings. The molecule has 2 aliphatic rings. The summed E-state index contributed by atoms with van der Waals surface area (Å²) >= 11 is 0. The van der Waals surface area contributed by atoms with E-state index in [0.29, 0.717) is 18.2 Å². The first-order chi connectivity index (χ1) is 11.2. The van der Waals surface area contributed by atoms with Crippen molar-refractivity contribution in [2.75, 3.05) is 0 Å². The Morgan fingerprint density at radius 1 is 1.35 bits per heavy atom. The first-order valence-corrected chi connectivity index (χ1v) is 8.40. The maximum Gasteiger partial charge on any atom is 0.118 e. The molecular formula is C19H24FN3. The Morgan fingerprint density at radius 3 is 2.78 bits per heavy atom. The fourth-order valence-corrected chi connectivity index (χ4v) is 3.58. The molecule has 2 N–H and O–H groups in total. The number of hydrogen-bond donors (Lipinski definition) is 1. The minimum Gasteiger partial charge on any atom is -0.397 e. The summed E-state index contributed by atoms with van der Waals surface area (Å²) in [5, 5.41) is 0. The Morgan fingerprint density at radius 2 is 2.13 bits per heavy atom. The molecule has 3 nitrogen and oxygen atoms in total. The maximum absolute atomic E-state index is 13.2. The van der Waals surface area contributed by atoms with Crippen molar-refractivity contribution in [2.24, 2.45) is 5.73 Å². The highest BCUT2D eigenvalue weighted by Gasteiger charge is 2.25. The Balaban J connectivity index is 1.99. The highest BCUT2D eigenvalue weighted by molar-refractivity contribution is 5.64. The molecule has 1 atom stereocenters. The topological polar surface area (TPSA) is 43.8 Å². The zero-order valence-electron chi connectivity index (χ0n) is 13.4. The molecule has 0 aromatic carbocycles. The van der Waals surface area contributed by atoms with Gasteiger partial charge in [-0.25, -0.2) is 9.37 Å². The van der Waals surface area contributed by atoms with Gasteiger partial charge in [0.2, 0.25) is 0 Å². The van der Waals surface area contributed by atoms with Crippen LogP contribution in [0.3, 0.4) is 0 Å². The first kappa shape index (κ1) is 15.8. The molecular weight excluding hydrogens is 289 g/mol. The lowest BCUT2D eigenvalue weighted by molar-refractivity contribution is 0.351. The monoisotopic (exact) mass is 313 g/mol. The van der Waals surface area contributed by atoms with Gasteiger partial charge in [0, 0.05) is 12.0 Å². The highest BCUT2D eigenvalue weighted by atomic mass is 19.1. The summed E-state index contributed by atoms with van der Waals surface area (Å²) in [6, 6.07) is 0.455. The van der Waals surface area contributed by atoms with Crippen LogP contribution in [0.5, 0.6) is 0 Å². The lowest BCUT2D eigenvalue weighted by atomic mass is 9.92. The van der Waals surface area contributed by atoms with E-state index in [9.17, 15) is 4.39 Å². The molecule has 0 saturated heterocycles. The summed E-state index contributed by atoms with van der Waals surface area (Å²) < 4.78 is 15.5. The van der Waals surface area contributed by atoms with Crippen molar-refractivity contribution in [3.05, 3.63) is 60.5 Å². The summed E-state index contributed by atoms with van der Waals surface area (Å²) in [5.74, 6) is -0.102. The van der Waals surface area contributed by atoms with Crippen LogP contribution in [-0.4, -0.2) is 9.55 Å². The quantitative estimate of drug-likeness (QED) is 0.814. The molecule has 0 amide bonds. The number of aromatic nitrogens is 2. The Hall–Kier alpha value is -2.10. The van der Waals surface area contributed by atoms with Crippen LogP contribution in [0.4, 0.5) is 4.39 Å². The molecule has 1 aromatic rings. The second kappa shape index (κ2) is 6.99. The molecule has 1 aromatic heterocycles. The highest BCUT2D eigenvalue weighted by Crippen LogP contribution is 2.35. The van der Waals surface area contributed by atoms with Crippen LogP contribution in [-0.2, 0) is 0 Å². The average molecular weight is 313 g/mol. The number of allylic oxidation sites excluding steroid dienone is 6. The molecule has 0 radical (unpaired) electrons. The third-order valence-electron chi connectivity index (χ3n) is 4.77. The van der Waals surface area contributed by atoms with E-state index in [1.807, 2.05) is 18.5 Å². The molecule has 0 bridgehead atoms. The molecule has 2 aliphatic carbocycles. The first-order valence-electron chi connectivity index (χ1n) is 8.40. The SMILES string of the molecule is C=C/C=C(\N)c1c(C2C=CC(F)=CC2)ncn1C1CCCCC1. The summed E-state index contributed by atoms with van der Waals surface area (Å²) in [7, 11) is 0. The third-order valence-corrected chi connectivity index (χ3v) is 4.77. The molecule has 23 heavy (non-hydrogen) atoms. The fraction of sp³-hybridized carbons (Fsp3) is 0.421. The Bertz CT molecular complexity index is 660. The maximum atomic E-state index is 13.2. The molecule has 0 spiro atoms. The van der Waals surface area contributed by atoms with Gasteiger partial charge in [-0.15, -0.1) is 0 Å². The lowest BCUT2D eigenvalue weighted by Crippen LogP contribution is -2.17. The van der Waals surface area contributed by atoms with Gasteiger partial charge in [-0.3, -0.25) is 0 Å². The number of rotatable bonds is 4. The van der Waals surface area contributed by atoms with E-state index >= 15 is 0 Å². The molecule has 1 saturated carbocycles. The van der Waals surface area contributed by atoms with Crippen LogP contribution in [0.1, 0.15) is 61.9 Å². The molecule has 1 unspecified atom stereocenters. The Labute approximate surface area is 137 Å². The van der Waals surface area contributed by atoms with Crippen molar-refractivity contribution in [1.29, 1.82) is 0 Å². The summed E-state index contributed by atoms with van der Waals surface area (Å²) in [4.78, 5) is 4.65. The smallest absolute Gasteiger partial charge is 0.118 e. The van der Waals surface area contributed by atoms with E-state index in [0.717, 1.165) is 11.4 Å². The molecule has 3 rings (SSSR count). The van der Waals surface area contributed by atoms with Gasteiger partial charge in [0.05, 0.1) is 23.4 Å². The van der Waals surface area contributed by atoms with Gasteiger partial charge >= 0.3 is 0 Å². The Kier molecular flexibility index (Phi) is 4.79. The number of imidazole rings is 1. The van der Waals surface area contributed by atoms with E-state index in [4.69, 9.17) is 5.73 Å². The van der Waals surface area contributed by atoms with Crippen molar-refractivity contribution < 1.29 is 4.39 Å². The van der Waals surface area contributed by atoms with E-state index in [1.165, 1.54) is 38.2 Å². The molecule has 4 heteroatoms. The zero-order valence-corrected chi connectivity index (χ0v) is 13.4. The van der Waals surface area contributed by atoms with Crippen LogP contribution >= 0.6 is 0 Å². The van der Waals surface area contributed by atoms with Gasteiger partial charge in [0.1, 0.15) is 5.83 Å². The van der Waals surface area contributed by atoms with Gasteiger partial charge in [-0.1, -0.05) is 38.0 Å². The van der Waals surface area contributed by atoms with Gasteiger partial charge in [0.25, 0.3) is 0 Å². The van der Waals surface area contributed by atoms with Crippen molar-refractivity contribution in [3.8, 4) is 0 Å². The normalized spacial score (nSPS) is 22.9. The van der Waals surface area contributed by atoms with Crippen LogP contribution in [0, 0.1) is 0 Å². The van der Waals surface area contributed by atoms with Crippen molar-refractivity contribution in [3.63, 3.8) is 0 Å². The van der Waals surface area contributed by atoms with Crippen molar-refractivity contribution in [2.45, 2.75) is 50.5 Å². The molecule has 0 aliphatic heterocycles. The van der Waals surface area contributed by atoms with E-state index in [-0.39, 0.29) is 11.7 Å². The number of nitrogens with zero attached hydrogens (tertiary/aromatic N) is 2. The standard InChI is InChI=1S/C19H24FN3/c1-2-6-17(21)19-18(14-9-11-15(20)12-10-14)22-13-23(19)16-7-4-3-5-8-16/h2,6,9,11-14,16H,1,3-5,7-8,10,21H2/b17-6-. The van der Waals surface area contributed by atoms with Crippen molar-refractivity contribution >= 4 is 5.70 Å². The fourth-order valence-electron chi connectivity index (χ4n) is 3.58. The number of halogens is 1. The van der Waals surface area contributed by atoms with Crippen LogP contribution in [0.25, 0.3) is 5.70 Å². The van der Waals surface area contributed by atoms with E-state index in [1.54, 1.807) is 12.2 Å². The van der Waals surface area contributed by atoms with Crippen LogP contribution in [0.15, 0.2) is 49.1 Å². The predicted octanol–water partition coefficient (Wildman–Crippen LogP) is 4.77. The van der Waals surface area contributed by atoms with Gasteiger partial charge < -0.3 is 10.3 Å². The van der Waals surface area contributed by atoms with Crippen LogP contribution < -0.4 is 5.73 Å². The second-order valence-electron chi connectivity index (χ2n) is 6.33. The predicted molar refractivity (Wildman–Crippen MR) is 92.4 cm³/mol. The molecule has 122 valence electrons. The molecule has 1 heterocycles. The summed E-state index contributed by atoms with van der Waals surface area (Å²) in [5.41, 5.74) is 8.90. The average Bonchev–Trinajstić information content (AvgIpc) is 3.01. The minimum absolute atomic E-state index is 0.0751. The zero-order chi connectivity index (χ0) is 16.2. The third kappa shape index (κ3) is 3.31. The van der Waals surface area contributed by atoms with Gasteiger partial charge in [-0.2, -0.15) is 0 Å². The minimum atomic E-state index is -0.177. The number of nitrogens with two attached hydrogens (primary N) is 1. The summed E-state index contributed by atoms with van der Waals surface area (Å²) in [6.07, 6.45) is 17.2. The van der Waals surface area contributed by atoms with E-state index < -0.39 is 0 Å². The largest absolute Gasteiger partial charge is 0.397 e. The number of hydrogen-bond acceptors (Lipinski definition) is 2. The van der Waals surface area contributed by atoms with Gasteiger partial charge in [0.15, 0.2) is 0 Å².